The topological polar surface area (TPSA) is 114 Å². The third-order valence-electron chi connectivity index (χ3n) is 7.43. The number of anilines is 2. The van der Waals surface area contributed by atoms with Gasteiger partial charge in [0, 0.05) is 40.6 Å². The van der Waals surface area contributed by atoms with Crippen molar-refractivity contribution in [2.24, 2.45) is 17.8 Å². The number of rotatable bonds is 9. The van der Waals surface area contributed by atoms with Crippen molar-refractivity contribution in [3.05, 3.63) is 58.1 Å². The van der Waals surface area contributed by atoms with E-state index in [9.17, 15) is 19.2 Å². The van der Waals surface area contributed by atoms with E-state index in [2.05, 4.69) is 31.9 Å². The van der Waals surface area contributed by atoms with Gasteiger partial charge in [0.2, 0.25) is 11.8 Å². The maximum atomic E-state index is 13.5. The number of carbonyl (C=O) groups excluding carboxylic acids is 4. The number of ketones is 1. The zero-order chi connectivity index (χ0) is 28.9. The fourth-order valence-corrected chi connectivity index (χ4v) is 5.83. The molecule has 40 heavy (non-hydrogen) atoms. The van der Waals surface area contributed by atoms with Crippen LogP contribution in [0.1, 0.15) is 64.0 Å². The van der Waals surface area contributed by atoms with Crippen molar-refractivity contribution >= 4 is 51.0 Å². The first kappa shape index (κ1) is 29.8. The number of halogens is 1. The molecule has 8 nitrogen and oxygen atoms in total. The molecule has 9 heteroatoms. The van der Waals surface area contributed by atoms with E-state index < -0.39 is 17.6 Å². The summed E-state index contributed by atoms with van der Waals surface area (Å²) in [6.07, 6.45) is 3.69. The second kappa shape index (κ2) is 13.0. The molecule has 1 heterocycles. The highest BCUT2D eigenvalue weighted by atomic mass is 79.9. The molecule has 0 radical (unpaired) electrons. The highest BCUT2D eigenvalue weighted by molar-refractivity contribution is 9.10. The molecule has 0 unspecified atom stereocenters. The second-order valence-electron chi connectivity index (χ2n) is 11.9. The van der Waals surface area contributed by atoms with Gasteiger partial charge in [-0.3, -0.25) is 14.4 Å². The molecule has 2 aromatic carbocycles. The van der Waals surface area contributed by atoms with Crippen LogP contribution in [0.5, 0.6) is 0 Å². The van der Waals surface area contributed by atoms with Crippen LogP contribution in [0.25, 0.3) is 0 Å². The lowest BCUT2D eigenvalue weighted by Crippen LogP contribution is -2.37. The van der Waals surface area contributed by atoms with E-state index in [0.29, 0.717) is 36.7 Å². The zero-order valence-corrected chi connectivity index (χ0v) is 24.9. The molecular formula is C31H38BrN3O5. The minimum absolute atomic E-state index is 0.0630. The number of amides is 3. The summed E-state index contributed by atoms with van der Waals surface area (Å²) in [6, 6.07) is 13.2. The van der Waals surface area contributed by atoms with E-state index in [1.165, 1.54) is 0 Å². The number of benzene rings is 2. The van der Waals surface area contributed by atoms with Crippen molar-refractivity contribution in [3.8, 4) is 0 Å². The van der Waals surface area contributed by atoms with Crippen molar-refractivity contribution < 1.29 is 23.9 Å². The molecule has 1 saturated carbocycles. The van der Waals surface area contributed by atoms with Crippen LogP contribution in [-0.4, -0.2) is 35.8 Å². The standard InChI is InChI=1S/C31H38BrN3O5/c1-31(2,3)40-30(39)33-18-19-7-9-21(10-8-19)27(36)15-23(13-20-5-4-6-24(32)14-20)29(38)34-25-12-11-22-16-28(37)35-26(22)17-25/h4-6,11-12,14,17,19,21,23H,7-10,13,15-16,18H2,1-3H3,(H,33,39)(H,34,38)(H,35,37)/t19?,21?,23-/m1/s1. The summed E-state index contributed by atoms with van der Waals surface area (Å²) < 4.78 is 6.24. The molecule has 0 bridgehead atoms. The lowest BCUT2D eigenvalue weighted by Gasteiger charge is -2.29. The molecule has 1 fully saturated rings. The quantitative estimate of drug-likeness (QED) is 0.320. The van der Waals surface area contributed by atoms with Gasteiger partial charge in [0.05, 0.1) is 6.42 Å². The second-order valence-corrected chi connectivity index (χ2v) is 12.8. The number of fused-ring (bicyclic) bond motifs is 1. The SMILES string of the molecule is CC(C)(C)OC(=O)NCC1CCC(C(=O)C[C@@H](Cc2cccc(Br)c2)C(=O)Nc2ccc3c(c2)NC(=O)C3)CC1. The lowest BCUT2D eigenvalue weighted by molar-refractivity contribution is -0.129. The van der Waals surface area contributed by atoms with Gasteiger partial charge < -0.3 is 20.7 Å². The van der Waals surface area contributed by atoms with E-state index in [1.54, 1.807) is 12.1 Å². The monoisotopic (exact) mass is 611 g/mol. The Balaban J connectivity index is 1.35. The molecule has 2 aromatic rings. The molecule has 1 aliphatic heterocycles. The molecule has 2 aliphatic rings. The van der Waals surface area contributed by atoms with Gasteiger partial charge in [-0.1, -0.05) is 34.1 Å². The predicted molar refractivity (Wildman–Crippen MR) is 158 cm³/mol. The van der Waals surface area contributed by atoms with Crippen LogP contribution < -0.4 is 16.0 Å². The summed E-state index contributed by atoms with van der Waals surface area (Å²) >= 11 is 3.49. The third-order valence-corrected chi connectivity index (χ3v) is 7.92. The minimum Gasteiger partial charge on any atom is -0.444 e. The summed E-state index contributed by atoms with van der Waals surface area (Å²) in [7, 11) is 0. The van der Waals surface area contributed by atoms with E-state index in [1.807, 2.05) is 51.1 Å². The predicted octanol–water partition coefficient (Wildman–Crippen LogP) is 6.03. The van der Waals surface area contributed by atoms with Gasteiger partial charge in [-0.05, 0) is 94.2 Å². The average Bonchev–Trinajstić information content (AvgIpc) is 3.25. The Bertz CT molecular complexity index is 1260. The summed E-state index contributed by atoms with van der Waals surface area (Å²) in [6.45, 7) is 6.03. The van der Waals surface area contributed by atoms with Crippen molar-refractivity contribution in [2.45, 2.75) is 71.3 Å². The molecule has 3 amide bonds. The van der Waals surface area contributed by atoms with Crippen LogP contribution in [0.3, 0.4) is 0 Å². The van der Waals surface area contributed by atoms with E-state index >= 15 is 0 Å². The van der Waals surface area contributed by atoms with Crippen LogP contribution in [-0.2, 0) is 32.0 Å². The van der Waals surface area contributed by atoms with E-state index in [-0.39, 0.29) is 29.9 Å². The number of carbonyl (C=O) groups is 4. The molecule has 0 saturated heterocycles. The minimum atomic E-state index is -0.538. The van der Waals surface area contributed by atoms with Crippen LogP contribution in [0, 0.1) is 17.8 Å². The largest absolute Gasteiger partial charge is 0.444 e. The van der Waals surface area contributed by atoms with Crippen LogP contribution in [0.2, 0.25) is 0 Å². The smallest absolute Gasteiger partial charge is 0.407 e. The Hall–Kier alpha value is -3.20. The first-order chi connectivity index (χ1) is 18.9. The van der Waals surface area contributed by atoms with Gasteiger partial charge in [0.1, 0.15) is 11.4 Å². The van der Waals surface area contributed by atoms with Gasteiger partial charge in [0.15, 0.2) is 0 Å². The molecule has 0 aromatic heterocycles. The van der Waals surface area contributed by atoms with E-state index in [0.717, 1.165) is 41.3 Å². The maximum Gasteiger partial charge on any atom is 0.407 e. The van der Waals surface area contributed by atoms with Gasteiger partial charge in [-0.25, -0.2) is 4.79 Å². The number of hydrogen-bond acceptors (Lipinski definition) is 5. The van der Waals surface area contributed by atoms with Crippen LogP contribution in [0.4, 0.5) is 16.2 Å². The molecule has 1 atom stereocenters. The summed E-state index contributed by atoms with van der Waals surface area (Å²) in [5, 5.41) is 8.63. The first-order valence-corrected chi connectivity index (χ1v) is 14.7. The van der Waals surface area contributed by atoms with Crippen molar-refractivity contribution in [2.75, 3.05) is 17.2 Å². The first-order valence-electron chi connectivity index (χ1n) is 13.9. The van der Waals surface area contributed by atoms with Crippen molar-refractivity contribution in [1.82, 2.24) is 5.32 Å². The van der Waals surface area contributed by atoms with Crippen molar-refractivity contribution in [3.63, 3.8) is 0 Å². The highest BCUT2D eigenvalue weighted by Crippen LogP contribution is 2.32. The molecule has 1 aliphatic carbocycles. The number of nitrogens with one attached hydrogen (secondary N) is 3. The maximum absolute atomic E-state index is 13.5. The molecular weight excluding hydrogens is 574 g/mol. The molecule has 4 rings (SSSR count). The Morgan fingerprint density at radius 2 is 1.82 bits per heavy atom. The summed E-state index contributed by atoms with van der Waals surface area (Å²) in [5.41, 5.74) is 2.64. The fourth-order valence-electron chi connectivity index (χ4n) is 5.38. The van der Waals surface area contributed by atoms with Crippen molar-refractivity contribution in [1.29, 1.82) is 0 Å². The summed E-state index contributed by atoms with van der Waals surface area (Å²) in [5.74, 6) is -0.491. The number of hydrogen-bond donors (Lipinski definition) is 3. The average molecular weight is 613 g/mol. The van der Waals surface area contributed by atoms with Crippen LogP contribution >= 0.6 is 15.9 Å². The lowest BCUT2D eigenvalue weighted by atomic mass is 9.77. The number of Topliss-reactive ketones (excluding diaryl/α,β-unsaturated/α-hetero) is 1. The third kappa shape index (κ3) is 8.65. The number of alkyl carbamates (subject to hydrolysis) is 1. The summed E-state index contributed by atoms with van der Waals surface area (Å²) in [4.78, 5) is 50.6. The van der Waals surface area contributed by atoms with Gasteiger partial charge >= 0.3 is 6.09 Å². The highest BCUT2D eigenvalue weighted by Gasteiger charge is 2.31. The Morgan fingerprint density at radius 3 is 2.52 bits per heavy atom. The Kier molecular flexibility index (Phi) is 9.66. The molecule has 0 spiro atoms. The Labute approximate surface area is 244 Å². The zero-order valence-electron chi connectivity index (χ0n) is 23.3. The van der Waals surface area contributed by atoms with E-state index in [4.69, 9.17) is 4.74 Å². The molecule has 214 valence electrons. The number of ether oxygens (including phenoxy) is 1. The van der Waals surface area contributed by atoms with Gasteiger partial charge in [-0.15, -0.1) is 0 Å². The van der Waals surface area contributed by atoms with Gasteiger partial charge in [0.25, 0.3) is 0 Å². The Morgan fingerprint density at radius 1 is 1.07 bits per heavy atom. The fraction of sp³-hybridized carbons (Fsp3) is 0.484. The van der Waals surface area contributed by atoms with Crippen LogP contribution in [0.15, 0.2) is 46.9 Å². The van der Waals surface area contributed by atoms with Gasteiger partial charge in [-0.2, -0.15) is 0 Å². The normalized spacial score (nSPS) is 19.2. The molecule has 3 N–H and O–H groups in total.